The van der Waals surface area contributed by atoms with Gasteiger partial charge in [0.25, 0.3) is 0 Å². The van der Waals surface area contributed by atoms with Crippen molar-refractivity contribution in [1.82, 2.24) is 0 Å². The van der Waals surface area contributed by atoms with Crippen LogP contribution in [0.5, 0.6) is 0 Å². The summed E-state index contributed by atoms with van der Waals surface area (Å²) in [4.78, 5) is 22.2. The molecule has 0 atom stereocenters. The lowest BCUT2D eigenvalue weighted by atomic mass is 9.89. The van der Waals surface area contributed by atoms with E-state index < -0.39 is 11.4 Å². The molecule has 4 heteroatoms. The van der Waals surface area contributed by atoms with Gasteiger partial charge in [-0.1, -0.05) is 24.3 Å². The van der Waals surface area contributed by atoms with Gasteiger partial charge in [-0.3, -0.25) is 4.79 Å². The highest BCUT2D eigenvalue weighted by Gasteiger charge is 2.26. The highest BCUT2D eigenvalue weighted by Crippen LogP contribution is 2.23. The van der Waals surface area contributed by atoms with Crippen molar-refractivity contribution in [3.8, 4) is 0 Å². The number of hydrogen-bond donors (Lipinski definition) is 1. The summed E-state index contributed by atoms with van der Waals surface area (Å²) in [6.07, 6.45) is 4.30. The molecule has 0 unspecified atom stereocenters. The second-order valence-corrected chi connectivity index (χ2v) is 4.91. The number of aromatic carboxylic acids is 1. The molecule has 1 aromatic carbocycles. The van der Waals surface area contributed by atoms with Crippen LogP contribution in [0, 0.1) is 5.41 Å². The van der Waals surface area contributed by atoms with Crippen LogP contribution in [-0.2, 0) is 9.53 Å². The molecule has 1 rings (SSSR count). The molecule has 0 amide bonds. The standard InChI is InChI=1S/C15H18O4/c1-15(2,14(18)19-3)10-4-5-11-6-8-12(9-7-11)13(16)17/h4-9H,10H2,1-3H3,(H,16,17)/b5-4-. The minimum absolute atomic E-state index is 0.252. The van der Waals surface area contributed by atoms with Gasteiger partial charge in [0.1, 0.15) is 0 Å². The van der Waals surface area contributed by atoms with Gasteiger partial charge in [-0.25, -0.2) is 4.79 Å². The molecule has 0 saturated carbocycles. The number of esters is 1. The molecular formula is C15H18O4. The van der Waals surface area contributed by atoms with Crippen molar-refractivity contribution < 1.29 is 19.4 Å². The van der Waals surface area contributed by atoms with Gasteiger partial charge in [-0.15, -0.1) is 0 Å². The molecule has 0 fully saturated rings. The summed E-state index contributed by atoms with van der Waals surface area (Å²) in [6.45, 7) is 3.63. The number of ether oxygens (including phenoxy) is 1. The van der Waals surface area contributed by atoms with Gasteiger partial charge in [0, 0.05) is 0 Å². The molecule has 0 spiro atoms. The first kappa shape index (κ1) is 15.0. The van der Waals surface area contributed by atoms with Crippen molar-refractivity contribution in [3.05, 3.63) is 41.5 Å². The van der Waals surface area contributed by atoms with Gasteiger partial charge >= 0.3 is 11.9 Å². The third kappa shape index (κ3) is 4.25. The Labute approximate surface area is 112 Å². The Morgan fingerprint density at radius 2 is 1.84 bits per heavy atom. The summed E-state index contributed by atoms with van der Waals surface area (Å²) in [5.74, 6) is -1.19. The molecule has 0 aliphatic heterocycles. The minimum atomic E-state index is -0.942. The Kier molecular flexibility index (Phi) is 4.87. The first-order valence-corrected chi connectivity index (χ1v) is 5.95. The smallest absolute Gasteiger partial charge is 0.335 e. The number of methoxy groups -OCH3 is 1. The Balaban J connectivity index is 2.67. The molecule has 0 aliphatic carbocycles. The van der Waals surface area contributed by atoms with E-state index in [4.69, 9.17) is 9.84 Å². The zero-order valence-electron chi connectivity index (χ0n) is 11.3. The van der Waals surface area contributed by atoms with Crippen LogP contribution in [0.2, 0.25) is 0 Å². The van der Waals surface area contributed by atoms with Crippen LogP contribution in [0.1, 0.15) is 36.2 Å². The van der Waals surface area contributed by atoms with E-state index in [1.54, 1.807) is 24.3 Å². The van der Waals surface area contributed by atoms with Gasteiger partial charge in [0.05, 0.1) is 18.1 Å². The van der Waals surface area contributed by atoms with Crippen molar-refractivity contribution in [1.29, 1.82) is 0 Å². The molecule has 0 saturated heterocycles. The summed E-state index contributed by atoms with van der Waals surface area (Å²) in [7, 11) is 1.37. The number of carbonyl (C=O) groups excluding carboxylic acids is 1. The van der Waals surface area contributed by atoms with Gasteiger partial charge in [-0.2, -0.15) is 0 Å². The van der Waals surface area contributed by atoms with Gasteiger partial charge in [0.15, 0.2) is 0 Å². The predicted molar refractivity (Wildman–Crippen MR) is 72.8 cm³/mol. The van der Waals surface area contributed by atoms with Crippen molar-refractivity contribution in [3.63, 3.8) is 0 Å². The zero-order chi connectivity index (χ0) is 14.5. The van der Waals surface area contributed by atoms with E-state index in [1.165, 1.54) is 7.11 Å². The Morgan fingerprint density at radius 3 is 2.32 bits per heavy atom. The molecule has 0 aromatic heterocycles. The number of carboxylic acids is 1. The maximum Gasteiger partial charge on any atom is 0.335 e. The van der Waals surface area contributed by atoms with Crippen LogP contribution in [0.3, 0.4) is 0 Å². The Morgan fingerprint density at radius 1 is 1.26 bits per heavy atom. The SMILES string of the molecule is COC(=O)C(C)(C)C/C=C\c1ccc(C(=O)O)cc1. The molecule has 19 heavy (non-hydrogen) atoms. The van der Waals surface area contributed by atoms with E-state index in [-0.39, 0.29) is 11.5 Å². The number of carboxylic acid groups (broad SMARTS) is 1. The normalized spacial score (nSPS) is 11.5. The van der Waals surface area contributed by atoms with Crippen LogP contribution >= 0.6 is 0 Å². The van der Waals surface area contributed by atoms with Gasteiger partial charge in [0.2, 0.25) is 0 Å². The third-order valence-corrected chi connectivity index (χ3v) is 2.83. The lowest BCUT2D eigenvalue weighted by Crippen LogP contribution is -2.24. The highest BCUT2D eigenvalue weighted by molar-refractivity contribution is 5.87. The molecule has 4 nitrogen and oxygen atoms in total. The summed E-state index contributed by atoms with van der Waals surface area (Å²) in [5, 5.41) is 8.78. The monoisotopic (exact) mass is 262 g/mol. The lowest BCUT2D eigenvalue weighted by Gasteiger charge is -2.18. The fourth-order valence-electron chi connectivity index (χ4n) is 1.59. The number of carbonyl (C=O) groups is 2. The van der Waals surface area contributed by atoms with E-state index in [2.05, 4.69) is 0 Å². The van der Waals surface area contributed by atoms with Crippen LogP contribution in [0.25, 0.3) is 6.08 Å². The summed E-state index contributed by atoms with van der Waals surface area (Å²) in [5.41, 5.74) is 0.587. The van der Waals surface area contributed by atoms with Gasteiger partial charge in [-0.05, 0) is 38.0 Å². The molecule has 0 bridgehead atoms. The fourth-order valence-corrected chi connectivity index (χ4v) is 1.59. The third-order valence-electron chi connectivity index (χ3n) is 2.83. The molecular weight excluding hydrogens is 244 g/mol. The zero-order valence-corrected chi connectivity index (χ0v) is 11.3. The quantitative estimate of drug-likeness (QED) is 0.828. The number of benzene rings is 1. The van der Waals surface area contributed by atoms with E-state index >= 15 is 0 Å². The summed E-state index contributed by atoms with van der Waals surface area (Å²) >= 11 is 0. The number of allylic oxidation sites excluding steroid dienone is 1. The molecule has 0 heterocycles. The average Bonchev–Trinajstić information content (AvgIpc) is 2.38. The van der Waals surface area contributed by atoms with Crippen LogP contribution in [0.4, 0.5) is 0 Å². The fraction of sp³-hybridized carbons (Fsp3) is 0.333. The van der Waals surface area contributed by atoms with Crippen molar-refractivity contribution in [2.45, 2.75) is 20.3 Å². The molecule has 0 aliphatic rings. The first-order valence-electron chi connectivity index (χ1n) is 5.95. The van der Waals surface area contributed by atoms with E-state index in [1.807, 2.05) is 26.0 Å². The maximum atomic E-state index is 11.5. The van der Waals surface area contributed by atoms with E-state index in [9.17, 15) is 9.59 Å². The Hall–Kier alpha value is -2.10. The average molecular weight is 262 g/mol. The first-order chi connectivity index (χ1) is 8.86. The highest BCUT2D eigenvalue weighted by atomic mass is 16.5. The number of rotatable bonds is 5. The van der Waals surface area contributed by atoms with Crippen LogP contribution < -0.4 is 0 Å². The molecule has 1 aromatic rings. The van der Waals surface area contributed by atoms with Crippen LogP contribution in [0.15, 0.2) is 30.3 Å². The van der Waals surface area contributed by atoms with Crippen LogP contribution in [-0.4, -0.2) is 24.2 Å². The largest absolute Gasteiger partial charge is 0.478 e. The van der Waals surface area contributed by atoms with E-state index in [0.717, 1.165) is 5.56 Å². The topological polar surface area (TPSA) is 63.6 Å². The molecule has 1 N–H and O–H groups in total. The predicted octanol–water partition coefficient (Wildman–Crippen LogP) is 2.99. The molecule has 102 valence electrons. The molecule has 0 radical (unpaired) electrons. The van der Waals surface area contributed by atoms with Gasteiger partial charge < -0.3 is 9.84 Å². The lowest BCUT2D eigenvalue weighted by molar-refractivity contribution is -0.150. The number of hydrogen-bond acceptors (Lipinski definition) is 3. The maximum absolute atomic E-state index is 11.5. The van der Waals surface area contributed by atoms with Crippen molar-refractivity contribution in [2.75, 3.05) is 7.11 Å². The summed E-state index contributed by atoms with van der Waals surface area (Å²) < 4.78 is 4.72. The minimum Gasteiger partial charge on any atom is -0.478 e. The summed E-state index contributed by atoms with van der Waals surface area (Å²) in [6, 6.07) is 6.55. The second-order valence-electron chi connectivity index (χ2n) is 4.91. The van der Waals surface area contributed by atoms with E-state index in [0.29, 0.717) is 6.42 Å². The van der Waals surface area contributed by atoms with Crippen molar-refractivity contribution in [2.24, 2.45) is 5.41 Å². The second kappa shape index (κ2) is 6.18. The Bertz CT molecular complexity index is 483. The van der Waals surface area contributed by atoms with Crippen molar-refractivity contribution >= 4 is 18.0 Å².